The van der Waals surface area contributed by atoms with Crippen LogP contribution in [-0.4, -0.2) is 17.2 Å². The first-order valence-corrected chi connectivity index (χ1v) is 7.60. The van der Waals surface area contributed by atoms with Crippen molar-refractivity contribution < 1.29 is 13.2 Å². The van der Waals surface area contributed by atoms with E-state index in [9.17, 15) is 18.4 Å². The Morgan fingerprint density at radius 3 is 2.74 bits per heavy atom. The SMILES string of the molecule is N#Cc1cnc2ccccc2c1NC1CCCC(C(F)(F)F)C1. The monoisotopic (exact) mass is 319 g/mol. The highest BCUT2D eigenvalue weighted by Crippen LogP contribution is 2.39. The van der Waals surface area contributed by atoms with Gasteiger partial charge in [-0.15, -0.1) is 0 Å². The van der Waals surface area contributed by atoms with Crippen LogP contribution in [0.4, 0.5) is 18.9 Å². The number of hydrogen-bond acceptors (Lipinski definition) is 3. The van der Waals surface area contributed by atoms with E-state index >= 15 is 0 Å². The molecule has 120 valence electrons. The molecule has 1 aliphatic carbocycles. The minimum Gasteiger partial charge on any atom is -0.381 e. The van der Waals surface area contributed by atoms with Crippen molar-refractivity contribution in [2.24, 2.45) is 5.92 Å². The number of pyridine rings is 1. The Labute approximate surface area is 132 Å². The summed E-state index contributed by atoms with van der Waals surface area (Å²) in [6.07, 6.45) is -1.25. The molecule has 1 aromatic carbocycles. The molecule has 1 aromatic heterocycles. The summed E-state index contributed by atoms with van der Waals surface area (Å²) < 4.78 is 38.9. The Morgan fingerprint density at radius 1 is 1.22 bits per heavy atom. The van der Waals surface area contributed by atoms with Crippen LogP contribution in [0.25, 0.3) is 10.9 Å². The molecule has 2 unspecified atom stereocenters. The third-order valence-electron chi connectivity index (χ3n) is 4.38. The lowest BCUT2D eigenvalue weighted by Gasteiger charge is -2.32. The van der Waals surface area contributed by atoms with Gasteiger partial charge in [-0.3, -0.25) is 4.98 Å². The zero-order chi connectivity index (χ0) is 16.4. The lowest BCUT2D eigenvalue weighted by atomic mass is 9.85. The maximum Gasteiger partial charge on any atom is 0.391 e. The molecule has 6 heteroatoms. The number of nitrogens with one attached hydrogen (secondary N) is 1. The molecule has 1 N–H and O–H groups in total. The third-order valence-corrected chi connectivity index (χ3v) is 4.38. The molecular formula is C17H16F3N3. The van der Waals surface area contributed by atoms with Gasteiger partial charge in [0.25, 0.3) is 0 Å². The van der Waals surface area contributed by atoms with Crippen LogP contribution >= 0.6 is 0 Å². The van der Waals surface area contributed by atoms with Crippen LogP contribution in [0.3, 0.4) is 0 Å². The molecule has 2 aromatic rings. The number of fused-ring (bicyclic) bond motifs is 1. The number of hydrogen-bond donors (Lipinski definition) is 1. The summed E-state index contributed by atoms with van der Waals surface area (Å²) in [4.78, 5) is 4.22. The number of rotatable bonds is 2. The molecule has 0 spiro atoms. The number of halogens is 3. The fourth-order valence-electron chi connectivity index (χ4n) is 3.20. The topological polar surface area (TPSA) is 48.7 Å². The second kappa shape index (κ2) is 6.07. The third kappa shape index (κ3) is 3.24. The van der Waals surface area contributed by atoms with Crippen LogP contribution < -0.4 is 5.32 Å². The van der Waals surface area contributed by atoms with Gasteiger partial charge in [0.05, 0.1) is 22.7 Å². The zero-order valence-corrected chi connectivity index (χ0v) is 12.4. The maximum absolute atomic E-state index is 13.0. The second-order valence-corrected chi connectivity index (χ2v) is 5.92. The normalized spacial score (nSPS) is 21.8. The summed E-state index contributed by atoms with van der Waals surface area (Å²) >= 11 is 0. The molecule has 0 radical (unpaired) electrons. The van der Waals surface area contributed by atoms with E-state index in [1.54, 1.807) is 0 Å². The van der Waals surface area contributed by atoms with E-state index in [1.807, 2.05) is 24.3 Å². The van der Waals surface area contributed by atoms with E-state index in [0.29, 0.717) is 24.1 Å². The standard InChI is InChI=1S/C17H16F3N3/c18-17(19,20)12-4-3-5-13(8-12)23-16-11(9-21)10-22-15-7-2-1-6-14(15)16/h1-2,6-7,10,12-13H,3-5,8H2,(H,22,23). The molecular weight excluding hydrogens is 303 g/mol. The molecule has 3 rings (SSSR count). The van der Waals surface area contributed by atoms with Crippen molar-refractivity contribution in [2.45, 2.75) is 37.9 Å². The molecule has 0 saturated heterocycles. The van der Waals surface area contributed by atoms with Gasteiger partial charge in [0.2, 0.25) is 0 Å². The predicted octanol–water partition coefficient (Wildman–Crippen LogP) is 4.64. The number of aromatic nitrogens is 1. The molecule has 23 heavy (non-hydrogen) atoms. The fourth-order valence-corrected chi connectivity index (χ4v) is 3.20. The molecule has 3 nitrogen and oxygen atoms in total. The zero-order valence-electron chi connectivity index (χ0n) is 12.4. The van der Waals surface area contributed by atoms with Gasteiger partial charge in [-0.25, -0.2) is 0 Å². The lowest BCUT2D eigenvalue weighted by molar-refractivity contribution is -0.182. The Kier molecular flexibility index (Phi) is 4.12. The van der Waals surface area contributed by atoms with Gasteiger partial charge in [0.1, 0.15) is 6.07 Å². The second-order valence-electron chi connectivity index (χ2n) is 5.92. The van der Waals surface area contributed by atoms with Gasteiger partial charge >= 0.3 is 6.18 Å². The van der Waals surface area contributed by atoms with Gasteiger partial charge in [0.15, 0.2) is 0 Å². The largest absolute Gasteiger partial charge is 0.391 e. The Bertz CT molecular complexity index is 749. The summed E-state index contributed by atoms with van der Waals surface area (Å²) in [7, 11) is 0. The number of benzene rings is 1. The molecule has 1 saturated carbocycles. The van der Waals surface area contributed by atoms with Gasteiger partial charge < -0.3 is 5.32 Å². The van der Waals surface area contributed by atoms with Crippen LogP contribution in [0.1, 0.15) is 31.2 Å². The summed E-state index contributed by atoms with van der Waals surface area (Å²) in [5.41, 5.74) is 1.67. The minimum absolute atomic E-state index is 0.0466. The van der Waals surface area contributed by atoms with E-state index in [2.05, 4.69) is 16.4 Å². The number of nitriles is 1. The van der Waals surface area contributed by atoms with Crippen molar-refractivity contribution in [2.75, 3.05) is 5.32 Å². The summed E-state index contributed by atoms with van der Waals surface area (Å²) in [6.45, 7) is 0. The van der Waals surface area contributed by atoms with E-state index in [0.717, 1.165) is 10.9 Å². The molecule has 1 aliphatic rings. The quantitative estimate of drug-likeness (QED) is 0.877. The van der Waals surface area contributed by atoms with E-state index in [4.69, 9.17) is 0 Å². The molecule has 1 heterocycles. The maximum atomic E-state index is 13.0. The number of anilines is 1. The highest BCUT2D eigenvalue weighted by molar-refractivity contribution is 5.93. The Balaban J connectivity index is 1.90. The van der Waals surface area contributed by atoms with Crippen LogP contribution in [0.5, 0.6) is 0 Å². The highest BCUT2D eigenvalue weighted by atomic mass is 19.4. The first-order valence-electron chi connectivity index (χ1n) is 7.60. The van der Waals surface area contributed by atoms with Crippen molar-refractivity contribution in [3.8, 4) is 6.07 Å². The van der Waals surface area contributed by atoms with Crippen LogP contribution in [-0.2, 0) is 0 Å². The van der Waals surface area contributed by atoms with E-state index < -0.39 is 12.1 Å². The number of nitrogens with zero attached hydrogens (tertiary/aromatic N) is 2. The molecule has 0 bridgehead atoms. The van der Waals surface area contributed by atoms with Crippen LogP contribution in [0.15, 0.2) is 30.5 Å². The van der Waals surface area contributed by atoms with Gasteiger partial charge in [0, 0.05) is 17.6 Å². The van der Waals surface area contributed by atoms with Crippen LogP contribution in [0.2, 0.25) is 0 Å². The first-order chi connectivity index (χ1) is 11.0. The van der Waals surface area contributed by atoms with Crippen molar-refractivity contribution in [1.29, 1.82) is 5.26 Å². The Hall–Kier alpha value is -2.29. The number of para-hydroxylation sites is 1. The van der Waals surface area contributed by atoms with E-state index in [-0.39, 0.29) is 18.9 Å². The van der Waals surface area contributed by atoms with Gasteiger partial charge in [-0.05, 0) is 25.3 Å². The smallest absolute Gasteiger partial charge is 0.381 e. The van der Waals surface area contributed by atoms with Crippen molar-refractivity contribution in [3.05, 3.63) is 36.0 Å². The van der Waals surface area contributed by atoms with Crippen molar-refractivity contribution in [3.63, 3.8) is 0 Å². The van der Waals surface area contributed by atoms with Crippen LogP contribution in [0, 0.1) is 17.2 Å². The average Bonchev–Trinajstić information content (AvgIpc) is 2.55. The minimum atomic E-state index is -4.15. The summed E-state index contributed by atoms with van der Waals surface area (Å²) in [5, 5.41) is 13.2. The molecule has 0 amide bonds. The van der Waals surface area contributed by atoms with E-state index in [1.165, 1.54) is 6.20 Å². The van der Waals surface area contributed by atoms with Gasteiger partial charge in [-0.1, -0.05) is 24.6 Å². The first kappa shape index (κ1) is 15.6. The highest BCUT2D eigenvalue weighted by Gasteiger charge is 2.42. The molecule has 2 atom stereocenters. The number of alkyl halides is 3. The van der Waals surface area contributed by atoms with Gasteiger partial charge in [-0.2, -0.15) is 18.4 Å². The summed E-state index contributed by atoms with van der Waals surface area (Å²) in [5.74, 6) is -1.27. The molecule has 0 aliphatic heterocycles. The Morgan fingerprint density at radius 2 is 2.00 bits per heavy atom. The summed E-state index contributed by atoms with van der Waals surface area (Å²) in [6, 6.07) is 9.10. The fraction of sp³-hybridized carbons (Fsp3) is 0.412. The lowest BCUT2D eigenvalue weighted by Crippen LogP contribution is -2.34. The van der Waals surface area contributed by atoms with Crippen molar-refractivity contribution in [1.82, 2.24) is 4.98 Å². The van der Waals surface area contributed by atoms with Crippen molar-refractivity contribution >= 4 is 16.6 Å². The molecule has 1 fully saturated rings. The predicted molar refractivity (Wildman–Crippen MR) is 81.9 cm³/mol. The average molecular weight is 319 g/mol.